The Bertz CT molecular complexity index is 789. The molecule has 0 radical (unpaired) electrons. The van der Waals surface area contributed by atoms with Gasteiger partial charge in [-0.05, 0) is 37.9 Å². The Morgan fingerprint density at radius 2 is 1.96 bits per heavy atom. The highest BCUT2D eigenvalue weighted by atomic mass is 35.5. The normalized spacial score (nSPS) is 23.1. The van der Waals surface area contributed by atoms with Crippen molar-refractivity contribution in [2.24, 2.45) is 5.92 Å². The maximum absolute atomic E-state index is 12.7. The molecule has 2 heterocycles. The van der Waals surface area contributed by atoms with E-state index in [1.165, 1.54) is 19.1 Å². The van der Waals surface area contributed by atoms with Gasteiger partial charge in [0, 0.05) is 25.1 Å². The molecule has 8 nitrogen and oxygen atoms in total. The van der Waals surface area contributed by atoms with E-state index in [1.54, 1.807) is 6.07 Å². The summed E-state index contributed by atoms with van der Waals surface area (Å²) in [6, 6.07) is 3.57. The van der Waals surface area contributed by atoms with Gasteiger partial charge in [-0.3, -0.25) is 4.79 Å². The Labute approximate surface area is 172 Å². The largest absolute Gasteiger partial charge is 0.490 e. The molecule has 3 N–H and O–H groups in total. The second kappa shape index (κ2) is 9.78. The van der Waals surface area contributed by atoms with Gasteiger partial charge in [-0.15, -0.1) is 12.4 Å². The van der Waals surface area contributed by atoms with E-state index < -0.39 is 16.1 Å². The molecule has 1 saturated heterocycles. The first-order valence-corrected chi connectivity index (χ1v) is 10.8. The average molecular weight is 434 g/mol. The number of halogens is 1. The van der Waals surface area contributed by atoms with E-state index in [-0.39, 0.29) is 29.3 Å². The number of nitrogens with one attached hydrogen (secondary N) is 3. The molecule has 0 aliphatic carbocycles. The van der Waals surface area contributed by atoms with Crippen molar-refractivity contribution in [3.8, 4) is 11.5 Å². The topological polar surface area (TPSA) is 106 Å². The van der Waals surface area contributed by atoms with Crippen molar-refractivity contribution < 1.29 is 22.7 Å². The quantitative estimate of drug-likeness (QED) is 0.641. The first-order chi connectivity index (χ1) is 12.9. The van der Waals surface area contributed by atoms with E-state index in [0.717, 1.165) is 19.4 Å². The van der Waals surface area contributed by atoms with E-state index in [9.17, 15) is 13.2 Å². The lowest BCUT2D eigenvalue weighted by molar-refractivity contribution is -0.123. The zero-order chi connectivity index (χ0) is 19.4. The van der Waals surface area contributed by atoms with Crippen molar-refractivity contribution in [3.05, 3.63) is 18.2 Å². The van der Waals surface area contributed by atoms with Gasteiger partial charge in [-0.2, -0.15) is 4.72 Å². The van der Waals surface area contributed by atoms with Crippen LogP contribution in [0.15, 0.2) is 23.1 Å². The number of rotatable bonds is 5. The molecule has 158 valence electrons. The molecule has 0 aromatic heterocycles. The number of ether oxygens (including phenoxy) is 2. The first-order valence-electron chi connectivity index (χ1n) is 9.30. The Morgan fingerprint density at radius 3 is 2.68 bits per heavy atom. The van der Waals surface area contributed by atoms with Gasteiger partial charge in [0.05, 0.1) is 24.2 Å². The summed E-state index contributed by atoms with van der Waals surface area (Å²) >= 11 is 0. The smallest absolute Gasteiger partial charge is 0.241 e. The molecule has 2 aliphatic heterocycles. The maximum Gasteiger partial charge on any atom is 0.241 e. The van der Waals surface area contributed by atoms with Gasteiger partial charge < -0.3 is 20.1 Å². The van der Waals surface area contributed by atoms with Gasteiger partial charge in [0.25, 0.3) is 0 Å². The molecular weight excluding hydrogens is 406 g/mol. The summed E-state index contributed by atoms with van der Waals surface area (Å²) in [5.41, 5.74) is 0. The van der Waals surface area contributed by atoms with Crippen molar-refractivity contribution in [2.45, 2.75) is 43.7 Å². The number of carbonyl (C=O) groups is 1. The summed E-state index contributed by atoms with van der Waals surface area (Å²) in [5.74, 6) is 0.930. The predicted octanol–water partition coefficient (Wildman–Crippen LogP) is 1.05. The van der Waals surface area contributed by atoms with E-state index in [2.05, 4.69) is 22.3 Å². The summed E-state index contributed by atoms with van der Waals surface area (Å²) in [7, 11) is -3.87. The Balaban J connectivity index is 0.00000280. The number of fused-ring (bicyclic) bond motifs is 1. The molecule has 3 atom stereocenters. The third kappa shape index (κ3) is 5.50. The summed E-state index contributed by atoms with van der Waals surface area (Å²) in [6.45, 7) is 6.24. The summed E-state index contributed by atoms with van der Waals surface area (Å²) in [6.07, 6.45) is 1.71. The molecule has 1 aromatic carbocycles. The summed E-state index contributed by atoms with van der Waals surface area (Å²) in [5, 5.41) is 6.17. The lowest BCUT2D eigenvalue weighted by Crippen LogP contribution is -2.54. The van der Waals surface area contributed by atoms with Crippen LogP contribution in [0.25, 0.3) is 0 Å². The third-order valence-electron chi connectivity index (χ3n) is 4.91. The van der Waals surface area contributed by atoms with Gasteiger partial charge in [-0.25, -0.2) is 8.42 Å². The van der Waals surface area contributed by atoms with Crippen LogP contribution in [-0.4, -0.2) is 52.7 Å². The SMILES string of the molecule is CC(NS(=O)(=O)c1ccc2c(c1)OCCCO2)C(=O)NC1CNCCC1C.Cl. The molecule has 0 saturated carbocycles. The molecule has 10 heteroatoms. The van der Waals surface area contributed by atoms with Crippen molar-refractivity contribution in [3.63, 3.8) is 0 Å². The first kappa shape index (κ1) is 22.7. The Kier molecular flexibility index (Phi) is 7.94. The molecule has 1 aromatic rings. The third-order valence-corrected chi connectivity index (χ3v) is 6.45. The zero-order valence-corrected chi connectivity index (χ0v) is 17.7. The highest BCUT2D eigenvalue weighted by Gasteiger charge is 2.28. The lowest BCUT2D eigenvalue weighted by Gasteiger charge is -2.31. The number of hydrogen-bond acceptors (Lipinski definition) is 6. The van der Waals surface area contributed by atoms with Crippen LogP contribution in [0, 0.1) is 5.92 Å². The minimum absolute atomic E-state index is 0. The van der Waals surface area contributed by atoms with Crippen LogP contribution in [0.3, 0.4) is 0 Å². The standard InChI is InChI=1S/C18H27N3O5S.ClH/c1-12-6-7-19-11-15(12)20-18(22)13(2)21-27(23,24)14-4-5-16-17(10-14)26-9-3-8-25-16;/h4-5,10,12-13,15,19,21H,3,6-9,11H2,1-2H3,(H,20,22);1H. The fraction of sp³-hybridized carbons (Fsp3) is 0.611. The van der Waals surface area contributed by atoms with Crippen LogP contribution in [0.5, 0.6) is 11.5 Å². The second-order valence-corrected chi connectivity index (χ2v) is 8.80. The highest BCUT2D eigenvalue weighted by Crippen LogP contribution is 2.31. The predicted molar refractivity (Wildman–Crippen MR) is 108 cm³/mol. The van der Waals surface area contributed by atoms with Crippen LogP contribution >= 0.6 is 12.4 Å². The van der Waals surface area contributed by atoms with Gasteiger partial charge in [0.15, 0.2) is 11.5 Å². The van der Waals surface area contributed by atoms with Gasteiger partial charge in [0.1, 0.15) is 0 Å². The maximum atomic E-state index is 12.7. The molecule has 3 unspecified atom stereocenters. The van der Waals surface area contributed by atoms with Crippen LogP contribution in [-0.2, 0) is 14.8 Å². The molecule has 1 amide bonds. The number of benzene rings is 1. The van der Waals surface area contributed by atoms with E-state index in [1.807, 2.05) is 0 Å². The number of carbonyl (C=O) groups excluding carboxylic acids is 1. The summed E-state index contributed by atoms with van der Waals surface area (Å²) < 4.78 is 38.9. The number of amides is 1. The van der Waals surface area contributed by atoms with Crippen molar-refractivity contribution >= 4 is 28.3 Å². The fourth-order valence-electron chi connectivity index (χ4n) is 3.16. The minimum atomic E-state index is -3.87. The van der Waals surface area contributed by atoms with E-state index in [4.69, 9.17) is 9.47 Å². The monoisotopic (exact) mass is 433 g/mol. The molecule has 3 rings (SSSR count). The summed E-state index contributed by atoms with van der Waals surface area (Å²) in [4.78, 5) is 12.5. The lowest BCUT2D eigenvalue weighted by atomic mass is 9.94. The van der Waals surface area contributed by atoms with Crippen LogP contribution in [0.1, 0.15) is 26.7 Å². The van der Waals surface area contributed by atoms with Gasteiger partial charge in [-0.1, -0.05) is 6.92 Å². The Morgan fingerprint density at radius 1 is 1.25 bits per heavy atom. The molecular formula is C18H28ClN3O5S. The van der Waals surface area contributed by atoms with Gasteiger partial charge in [0.2, 0.25) is 15.9 Å². The van der Waals surface area contributed by atoms with Crippen LogP contribution in [0.2, 0.25) is 0 Å². The van der Waals surface area contributed by atoms with Crippen molar-refractivity contribution in [2.75, 3.05) is 26.3 Å². The highest BCUT2D eigenvalue weighted by molar-refractivity contribution is 7.89. The Hall–Kier alpha value is -1.55. The number of piperidine rings is 1. The molecule has 28 heavy (non-hydrogen) atoms. The van der Waals surface area contributed by atoms with Crippen LogP contribution < -0.4 is 24.8 Å². The van der Waals surface area contributed by atoms with Crippen molar-refractivity contribution in [1.29, 1.82) is 0 Å². The molecule has 0 spiro atoms. The van der Waals surface area contributed by atoms with E-state index in [0.29, 0.717) is 37.2 Å². The number of sulfonamides is 1. The zero-order valence-electron chi connectivity index (χ0n) is 16.1. The minimum Gasteiger partial charge on any atom is -0.490 e. The van der Waals surface area contributed by atoms with Crippen LogP contribution in [0.4, 0.5) is 0 Å². The van der Waals surface area contributed by atoms with E-state index >= 15 is 0 Å². The van der Waals surface area contributed by atoms with Crippen molar-refractivity contribution in [1.82, 2.24) is 15.4 Å². The number of hydrogen-bond donors (Lipinski definition) is 3. The average Bonchev–Trinajstić information content (AvgIpc) is 2.88. The fourth-order valence-corrected chi connectivity index (χ4v) is 4.37. The van der Waals surface area contributed by atoms with Gasteiger partial charge >= 0.3 is 0 Å². The molecule has 2 aliphatic rings. The second-order valence-electron chi connectivity index (χ2n) is 7.09. The molecule has 0 bridgehead atoms. The molecule has 1 fully saturated rings.